The van der Waals surface area contributed by atoms with Gasteiger partial charge in [0.05, 0.1) is 12.0 Å². The van der Waals surface area contributed by atoms with Crippen molar-refractivity contribution in [2.45, 2.75) is 58.3 Å². The first-order valence-electron chi connectivity index (χ1n) is 10.5. The molecule has 5 fully saturated rings. The van der Waals surface area contributed by atoms with Gasteiger partial charge in [-0.15, -0.1) is 0 Å². The van der Waals surface area contributed by atoms with Gasteiger partial charge < -0.3 is 14.7 Å². The zero-order chi connectivity index (χ0) is 18.6. The summed E-state index contributed by atoms with van der Waals surface area (Å²) in [6, 6.07) is 1.70. The van der Waals surface area contributed by atoms with E-state index in [0.717, 1.165) is 43.6 Å². The highest BCUT2D eigenvalue weighted by Crippen LogP contribution is 2.60. The first kappa shape index (κ1) is 17.3. The highest BCUT2D eigenvalue weighted by molar-refractivity contribution is 5.95. The first-order valence-corrected chi connectivity index (χ1v) is 10.5. The maximum absolute atomic E-state index is 13.7. The lowest BCUT2D eigenvalue weighted by atomic mass is 9.49. The Labute approximate surface area is 160 Å². The van der Waals surface area contributed by atoms with Crippen molar-refractivity contribution in [1.82, 2.24) is 10.1 Å². The van der Waals surface area contributed by atoms with Crippen molar-refractivity contribution in [3.05, 3.63) is 11.8 Å². The van der Waals surface area contributed by atoms with E-state index in [1.807, 2.05) is 4.90 Å². The number of carbonyl (C=O) groups is 2. The highest BCUT2D eigenvalue weighted by atomic mass is 16.5. The van der Waals surface area contributed by atoms with Crippen LogP contribution in [-0.4, -0.2) is 35.0 Å². The Morgan fingerprint density at radius 3 is 2.33 bits per heavy atom. The molecule has 1 heterocycles. The lowest BCUT2D eigenvalue weighted by Gasteiger charge is -2.56. The summed E-state index contributed by atoms with van der Waals surface area (Å²) < 4.78 is 5.01. The molecule has 1 aromatic heterocycles. The molecule has 6 rings (SSSR count). The van der Waals surface area contributed by atoms with Gasteiger partial charge in [0.2, 0.25) is 11.8 Å². The molecule has 0 aromatic carbocycles. The van der Waals surface area contributed by atoms with Crippen LogP contribution >= 0.6 is 0 Å². The topological polar surface area (TPSA) is 75.4 Å². The van der Waals surface area contributed by atoms with Crippen LogP contribution in [0.3, 0.4) is 0 Å². The van der Waals surface area contributed by atoms with Gasteiger partial charge >= 0.3 is 0 Å². The maximum atomic E-state index is 13.7. The summed E-state index contributed by atoms with van der Waals surface area (Å²) in [4.78, 5) is 28.1. The predicted octanol–water partition coefficient (Wildman–Crippen LogP) is 3.38. The predicted molar refractivity (Wildman–Crippen MR) is 99.8 cm³/mol. The Bertz CT molecular complexity index is 716. The van der Waals surface area contributed by atoms with Crippen LogP contribution < -0.4 is 5.32 Å². The van der Waals surface area contributed by atoms with Gasteiger partial charge in [-0.1, -0.05) is 5.16 Å². The van der Waals surface area contributed by atoms with Gasteiger partial charge in [-0.2, -0.15) is 0 Å². The molecule has 5 aliphatic carbocycles. The highest BCUT2D eigenvalue weighted by Gasteiger charge is 2.55. The molecule has 5 saturated carbocycles. The number of amides is 2. The summed E-state index contributed by atoms with van der Waals surface area (Å²) in [5, 5.41) is 6.60. The fourth-order valence-corrected chi connectivity index (χ4v) is 6.32. The Hall–Kier alpha value is -1.85. The van der Waals surface area contributed by atoms with Crippen LogP contribution in [0.5, 0.6) is 0 Å². The Morgan fingerprint density at radius 2 is 1.81 bits per heavy atom. The van der Waals surface area contributed by atoms with Crippen molar-refractivity contribution in [2.75, 3.05) is 18.4 Å². The van der Waals surface area contributed by atoms with E-state index in [1.165, 1.54) is 32.1 Å². The van der Waals surface area contributed by atoms with Gasteiger partial charge in [-0.3, -0.25) is 9.59 Å². The number of nitrogens with one attached hydrogen (secondary N) is 1. The summed E-state index contributed by atoms with van der Waals surface area (Å²) in [5.41, 5.74) is -0.186. The van der Waals surface area contributed by atoms with Crippen molar-refractivity contribution < 1.29 is 14.1 Å². The summed E-state index contributed by atoms with van der Waals surface area (Å²) in [7, 11) is 0. The Balaban J connectivity index is 1.31. The molecule has 0 saturated heterocycles. The largest absolute Gasteiger partial charge is 0.360 e. The van der Waals surface area contributed by atoms with E-state index >= 15 is 0 Å². The van der Waals surface area contributed by atoms with Gasteiger partial charge in [0, 0.05) is 12.6 Å². The van der Waals surface area contributed by atoms with Crippen molar-refractivity contribution >= 4 is 17.6 Å². The quantitative estimate of drug-likeness (QED) is 0.832. The van der Waals surface area contributed by atoms with E-state index < -0.39 is 0 Å². The number of hydrogen-bond acceptors (Lipinski definition) is 4. The third-order valence-corrected chi connectivity index (χ3v) is 7.18. The fraction of sp³-hybridized carbons (Fsp3) is 0.762. The minimum absolute atomic E-state index is 0.128. The maximum Gasteiger partial charge on any atom is 0.245 e. The average molecular weight is 371 g/mol. The van der Waals surface area contributed by atoms with Crippen molar-refractivity contribution in [3.8, 4) is 0 Å². The lowest BCUT2D eigenvalue weighted by Crippen LogP contribution is -2.55. The summed E-state index contributed by atoms with van der Waals surface area (Å²) in [6.07, 6.45) is 9.45. The van der Waals surface area contributed by atoms with E-state index in [4.69, 9.17) is 4.52 Å². The van der Waals surface area contributed by atoms with Crippen LogP contribution in [0, 0.1) is 36.0 Å². The number of carbonyl (C=O) groups excluding carboxylic acids is 2. The smallest absolute Gasteiger partial charge is 0.245 e. The van der Waals surface area contributed by atoms with Gasteiger partial charge in [0.15, 0.2) is 5.82 Å². The van der Waals surface area contributed by atoms with Crippen LogP contribution in [0.4, 0.5) is 5.82 Å². The van der Waals surface area contributed by atoms with Crippen LogP contribution in [0.15, 0.2) is 10.6 Å². The Morgan fingerprint density at radius 1 is 1.19 bits per heavy atom. The van der Waals surface area contributed by atoms with E-state index in [0.29, 0.717) is 17.5 Å². The molecule has 27 heavy (non-hydrogen) atoms. The molecule has 4 bridgehead atoms. The van der Waals surface area contributed by atoms with Crippen molar-refractivity contribution in [2.24, 2.45) is 29.1 Å². The van der Waals surface area contributed by atoms with Crippen LogP contribution in [0.1, 0.15) is 57.1 Å². The SMILES string of the molecule is Cc1cc(NC(=O)CN(CC2CC2)C(=O)C23CC4CC(CC(C4)C2)C3)no1. The molecular formula is C21H29N3O3. The van der Waals surface area contributed by atoms with E-state index in [1.54, 1.807) is 13.0 Å². The lowest BCUT2D eigenvalue weighted by molar-refractivity contribution is -0.159. The second-order valence-corrected chi connectivity index (χ2v) is 9.70. The number of anilines is 1. The number of aryl methyl sites for hydroxylation is 1. The molecule has 0 unspecified atom stereocenters. The molecule has 146 valence electrons. The number of aromatic nitrogens is 1. The average Bonchev–Trinajstić information content (AvgIpc) is 3.33. The Kier molecular flexibility index (Phi) is 4.06. The molecule has 5 aliphatic rings. The van der Waals surface area contributed by atoms with Crippen LogP contribution in [0.2, 0.25) is 0 Å². The van der Waals surface area contributed by atoms with Gasteiger partial charge in [0.1, 0.15) is 5.76 Å². The van der Waals surface area contributed by atoms with Crippen molar-refractivity contribution in [1.29, 1.82) is 0 Å². The van der Waals surface area contributed by atoms with Crippen molar-refractivity contribution in [3.63, 3.8) is 0 Å². The van der Waals surface area contributed by atoms with Crippen LogP contribution in [0.25, 0.3) is 0 Å². The molecule has 0 atom stereocenters. The standard InChI is InChI=1S/C21H29N3O3/c1-13-4-18(23-27-13)22-19(25)12-24(11-14-2-3-14)20(26)21-8-15-5-16(9-21)7-17(6-15)10-21/h4,14-17H,2-3,5-12H2,1H3,(H,22,23,25). The van der Waals surface area contributed by atoms with Gasteiger partial charge in [-0.05, 0) is 82.0 Å². The fourth-order valence-electron chi connectivity index (χ4n) is 6.32. The molecule has 6 nitrogen and oxygen atoms in total. The number of hydrogen-bond donors (Lipinski definition) is 1. The third kappa shape index (κ3) is 3.39. The molecule has 2 amide bonds. The summed E-state index contributed by atoms with van der Waals surface area (Å²) in [5.74, 6) is 3.92. The van der Waals surface area contributed by atoms with E-state index in [9.17, 15) is 9.59 Å². The molecule has 1 aromatic rings. The third-order valence-electron chi connectivity index (χ3n) is 7.18. The minimum atomic E-state index is -0.186. The summed E-state index contributed by atoms with van der Waals surface area (Å²) >= 11 is 0. The monoisotopic (exact) mass is 371 g/mol. The van der Waals surface area contributed by atoms with Gasteiger partial charge in [-0.25, -0.2) is 0 Å². The van der Waals surface area contributed by atoms with E-state index in [2.05, 4.69) is 10.5 Å². The molecule has 0 radical (unpaired) electrons. The van der Waals surface area contributed by atoms with Gasteiger partial charge in [0.25, 0.3) is 0 Å². The zero-order valence-electron chi connectivity index (χ0n) is 16.1. The molecule has 6 heteroatoms. The normalized spacial score (nSPS) is 33.9. The van der Waals surface area contributed by atoms with Crippen LogP contribution in [-0.2, 0) is 9.59 Å². The molecule has 1 N–H and O–H groups in total. The number of nitrogens with zero attached hydrogens (tertiary/aromatic N) is 2. The second-order valence-electron chi connectivity index (χ2n) is 9.70. The molecule has 0 spiro atoms. The zero-order valence-corrected chi connectivity index (χ0v) is 16.1. The number of rotatable bonds is 6. The molecule has 0 aliphatic heterocycles. The summed E-state index contributed by atoms with van der Waals surface area (Å²) in [6.45, 7) is 2.65. The second kappa shape index (κ2) is 6.35. The first-order chi connectivity index (χ1) is 13.0. The van der Waals surface area contributed by atoms with E-state index in [-0.39, 0.29) is 23.8 Å². The molecular weight excluding hydrogens is 342 g/mol. The minimum Gasteiger partial charge on any atom is -0.360 e.